The molecule has 0 unspecified atom stereocenters. The van der Waals surface area contributed by atoms with E-state index >= 15 is 0 Å². The van der Waals surface area contributed by atoms with Crippen LogP contribution in [0.4, 0.5) is 13.2 Å². The van der Waals surface area contributed by atoms with Crippen molar-refractivity contribution in [2.24, 2.45) is 7.05 Å². The third kappa shape index (κ3) is 9.27. The van der Waals surface area contributed by atoms with E-state index in [0.29, 0.717) is 33.7 Å². The van der Waals surface area contributed by atoms with Gasteiger partial charge in [-0.2, -0.15) is 23.5 Å². The second-order valence-electron chi connectivity index (χ2n) is 13.3. The van der Waals surface area contributed by atoms with Gasteiger partial charge < -0.3 is 18.8 Å². The Morgan fingerprint density at radius 2 is 1.69 bits per heavy atom. The molecule has 1 N–H and O–H groups in total. The van der Waals surface area contributed by atoms with Crippen LogP contribution in [0.5, 0.6) is 0 Å². The number of rotatable bonds is 9. The topological polar surface area (TPSA) is 181 Å². The van der Waals surface area contributed by atoms with Crippen LogP contribution in [0, 0.1) is 11.3 Å². The van der Waals surface area contributed by atoms with Gasteiger partial charge >= 0.3 is 6.18 Å². The van der Waals surface area contributed by atoms with Crippen LogP contribution in [0.2, 0.25) is 0 Å². The number of quaternary nitrogens is 1. The summed E-state index contributed by atoms with van der Waals surface area (Å²) in [7, 11) is 3.18. The molecule has 0 aliphatic rings. The predicted octanol–water partition coefficient (Wildman–Crippen LogP) is 5.20. The van der Waals surface area contributed by atoms with E-state index in [0.717, 1.165) is 16.8 Å². The summed E-state index contributed by atoms with van der Waals surface area (Å²) in [5, 5.41) is 16.3. The maximum Gasteiger partial charge on any atom is 0.416 e. The van der Waals surface area contributed by atoms with Crippen molar-refractivity contribution in [1.82, 2.24) is 29.4 Å². The van der Waals surface area contributed by atoms with Crippen LogP contribution in [0.3, 0.4) is 0 Å². The fraction of sp³-hybridized carbons (Fsp3) is 0.216. The van der Waals surface area contributed by atoms with E-state index < -0.39 is 39.4 Å². The number of nitrogens with zero attached hydrogens (tertiary/aromatic N) is 7. The van der Waals surface area contributed by atoms with Crippen LogP contribution in [-0.4, -0.2) is 68.6 Å². The van der Waals surface area contributed by atoms with E-state index in [4.69, 9.17) is 4.42 Å². The van der Waals surface area contributed by atoms with Crippen LogP contribution in [0.15, 0.2) is 111 Å². The highest BCUT2D eigenvalue weighted by molar-refractivity contribution is 7.85. The van der Waals surface area contributed by atoms with E-state index in [1.807, 2.05) is 27.2 Å². The zero-order valence-corrected chi connectivity index (χ0v) is 31.0. The zero-order valence-electron chi connectivity index (χ0n) is 30.1. The monoisotopic (exact) mass is 776 g/mol. The lowest BCUT2D eigenvalue weighted by molar-refractivity contribution is -0.884. The number of nitrogens with one attached hydrogen (secondary N) is 1. The summed E-state index contributed by atoms with van der Waals surface area (Å²) in [4.78, 5) is 32.0. The molecule has 6 aromatic rings. The molecule has 0 fully saturated rings. The number of halogens is 3. The van der Waals surface area contributed by atoms with Crippen molar-refractivity contribution in [1.29, 1.82) is 5.26 Å². The molecule has 6 rings (SSSR count). The van der Waals surface area contributed by atoms with Crippen molar-refractivity contribution in [3.8, 4) is 28.8 Å². The summed E-state index contributed by atoms with van der Waals surface area (Å²) in [6, 6.07) is 20.8. The van der Waals surface area contributed by atoms with Gasteiger partial charge in [-0.05, 0) is 67.6 Å². The number of hydrogen-bond acceptors (Lipinski definition) is 9. The SMILES string of the molecule is C[C@H](NC(=O)c1c(-c2ccnn2-c2ccc(C#N)cc2)n(C)n(-c2cccc(C(F)(F)F)c2)c1=O)c1ncc(C[N+](C)(C)C)o1.O=S(=O)([O-])c1ccccc1. The van der Waals surface area contributed by atoms with E-state index in [-0.39, 0.29) is 27.7 Å². The lowest BCUT2D eigenvalue weighted by Crippen LogP contribution is -2.33. The fourth-order valence-electron chi connectivity index (χ4n) is 5.55. The minimum atomic E-state index is -4.65. The van der Waals surface area contributed by atoms with Gasteiger partial charge in [-0.3, -0.25) is 14.3 Å². The highest BCUT2D eigenvalue weighted by atomic mass is 32.2. The second kappa shape index (κ2) is 15.6. The molecule has 1 atom stereocenters. The number of oxazole rings is 1. The van der Waals surface area contributed by atoms with Crippen molar-refractivity contribution in [2.75, 3.05) is 21.1 Å². The maximum atomic E-state index is 14.0. The first-order valence-corrected chi connectivity index (χ1v) is 17.8. The van der Waals surface area contributed by atoms with Crippen LogP contribution in [0.1, 0.15) is 46.1 Å². The molecule has 0 aliphatic carbocycles. The van der Waals surface area contributed by atoms with Crippen LogP contribution < -0.4 is 10.9 Å². The van der Waals surface area contributed by atoms with Crippen molar-refractivity contribution in [3.05, 3.63) is 136 Å². The molecule has 286 valence electrons. The van der Waals surface area contributed by atoms with Crippen molar-refractivity contribution < 1.29 is 39.8 Å². The molecule has 0 aliphatic heterocycles. The summed E-state index contributed by atoms with van der Waals surface area (Å²) < 4.78 is 81.9. The highest BCUT2D eigenvalue weighted by Crippen LogP contribution is 2.31. The van der Waals surface area contributed by atoms with Crippen molar-refractivity contribution >= 4 is 16.0 Å². The second-order valence-corrected chi connectivity index (χ2v) is 14.7. The number of carbonyl (C=O) groups is 1. The van der Waals surface area contributed by atoms with Gasteiger partial charge in [0.1, 0.15) is 34.0 Å². The number of alkyl halides is 3. The molecule has 14 nitrogen and oxygen atoms in total. The Kier molecular flexibility index (Phi) is 11.3. The zero-order chi connectivity index (χ0) is 40.3. The van der Waals surface area contributed by atoms with Crippen molar-refractivity contribution in [3.63, 3.8) is 0 Å². The molecule has 0 spiro atoms. The van der Waals surface area contributed by atoms with Gasteiger partial charge in [0.05, 0.1) is 72.7 Å². The lowest BCUT2D eigenvalue weighted by Gasteiger charge is -2.21. The highest BCUT2D eigenvalue weighted by Gasteiger charge is 2.33. The van der Waals surface area contributed by atoms with Crippen LogP contribution in [0.25, 0.3) is 22.8 Å². The summed E-state index contributed by atoms with van der Waals surface area (Å²) in [5.74, 6) is 0.0464. The van der Waals surface area contributed by atoms with Crippen LogP contribution >= 0.6 is 0 Å². The smallest absolute Gasteiger partial charge is 0.416 e. The number of amides is 1. The Morgan fingerprint density at radius 1 is 1.02 bits per heavy atom. The average Bonchev–Trinajstić information content (AvgIpc) is 3.85. The first-order valence-electron chi connectivity index (χ1n) is 16.4. The molecule has 1 amide bonds. The van der Waals surface area contributed by atoms with E-state index in [1.54, 1.807) is 49.5 Å². The molecule has 3 aromatic heterocycles. The molecule has 0 saturated carbocycles. The summed E-state index contributed by atoms with van der Waals surface area (Å²) in [6.45, 7) is 2.20. The van der Waals surface area contributed by atoms with Gasteiger partial charge in [-0.1, -0.05) is 24.3 Å². The minimum absolute atomic E-state index is 0.0900. The third-order valence-corrected chi connectivity index (χ3v) is 8.84. The first-order chi connectivity index (χ1) is 25.8. The molecule has 18 heteroatoms. The molecular weight excluding hydrogens is 742 g/mol. The number of benzene rings is 3. The van der Waals surface area contributed by atoms with Gasteiger partial charge in [0, 0.05) is 7.05 Å². The normalized spacial score (nSPS) is 12.4. The Bertz CT molecular complexity index is 2530. The Balaban J connectivity index is 0.000000504. The molecule has 0 radical (unpaired) electrons. The molecule has 3 heterocycles. The van der Waals surface area contributed by atoms with Gasteiger partial charge in [-0.25, -0.2) is 22.8 Å². The Morgan fingerprint density at radius 3 is 2.27 bits per heavy atom. The number of hydrogen-bond donors (Lipinski definition) is 1. The van der Waals surface area contributed by atoms with Gasteiger partial charge in [0.25, 0.3) is 11.5 Å². The van der Waals surface area contributed by atoms with Crippen LogP contribution in [-0.2, 0) is 29.9 Å². The Labute approximate surface area is 313 Å². The van der Waals surface area contributed by atoms with Gasteiger partial charge in [-0.15, -0.1) is 0 Å². The quantitative estimate of drug-likeness (QED) is 0.153. The molecule has 0 bridgehead atoms. The molecule has 55 heavy (non-hydrogen) atoms. The molecule has 0 saturated heterocycles. The first kappa shape index (κ1) is 39.9. The lowest BCUT2D eigenvalue weighted by atomic mass is 10.1. The Hall–Kier alpha value is -6.29. The standard InChI is InChI=1S/C31H29F3N8O3.C6H6O3S/c1-19(29-36-17-24(45-29)18-42(3,4)5)38-28(43)26-27(25-13-14-37-40(25)22-11-9-20(16-35)10-12-22)39(2)41(30(26)44)23-8-6-7-21(15-23)31(32,33)34;7-10(8,9)6-4-2-1-3-5-6/h6-15,17,19H,18H2,1-5H3;1-5H,(H,7,8,9)/t19-;/m0./s1. The predicted molar refractivity (Wildman–Crippen MR) is 192 cm³/mol. The number of nitriles is 1. The van der Waals surface area contributed by atoms with Crippen molar-refractivity contribution in [2.45, 2.75) is 30.6 Å². The molecular formula is C37H35F3N8O6S. The summed E-state index contributed by atoms with van der Waals surface area (Å²) in [6.07, 6.45) is -1.61. The third-order valence-electron chi connectivity index (χ3n) is 7.99. The maximum absolute atomic E-state index is 14.0. The largest absolute Gasteiger partial charge is 0.744 e. The number of carbonyl (C=O) groups excluding carboxylic acids is 1. The number of aromatic nitrogens is 5. The minimum Gasteiger partial charge on any atom is -0.744 e. The van der Waals surface area contributed by atoms with E-state index in [1.165, 1.54) is 59.0 Å². The fourth-order valence-corrected chi connectivity index (χ4v) is 6.05. The summed E-state index contributed by atoms with van der Waals surface area (Å²) in [5.41, 5.74) is -0.861. The van der Waals surface area contributed by atoms with E-state index in [9.17, 15) is 41.0 Å². The molecule has 3 aromatic carbocycles. The van der Waals surface area contributed by atoms with Gasteiger partial charge in [0.15, 0.2) is 5.76 Å². The van der Waals surface area contributed by atoms with E-state index in [2.05, 4.69) is 15.4 Å². The summed E-state index contributed by atoms with van der Waals surface area (Å²) >= 11 is 0. The average molecular weight is 777 g/mol. The van der Waals surface area contributed by atoms with Gasteiger partial charge in [0.2, 0.25) is 5.89 Å².